The lowest BCUT2D eigenvalue weighted by Gasteiger charge is -2.33. The zero-order valence-corrected chi connectivity index (χ0v) is 31.0. The maximum absolute atomic E-state index is 2.43. The molecule has 4 nitrogen and oxygen atoms in total. The van der Waals surface area contributed by atoms with Crippen LogP contribution in [0, 0.1) is 13.8 Å². The van der Waals surface area contributed by atoms with Crippen molar-refractivity contribution in [2.75, 3.05) is 21.7 Å². The monoisotopic (exact) mass is 696 g/mol. The number of para-hydroxylation sites is 2. The van der Waals surface area contributed by atoms with Crippen LogP contribution in [0.25, 0.3) is 43.7 Å². The number of nitrogens with zero attached hydrogens (tertiary/aromatic N) is 4. The summed E-state index contributed by atoms with van der Waals surface area (Å²) in [6.07, 6.45) is 0. The van der Waals surface area contributed by atoms with E-state index in [1.54, 1.807) is 0 Å². The molecule has 54 heavy (non-hydrogen) atoms. The quantitative estimate of drug-likeness (QED) is 0.172. The fourth-order valence-electron chi connectivity index (χ4n) is 8.50. The van der Waals surface area contributed by atoms with E-state index in [0.717, 1.165) is 34.1 Å². The third-order valence-electron chi connectivity index (χ3n) is 11.2. The van der Waals surface area contributed by atoms with Gasteiger partial charge in [0.05, 0.1) is 16.7 Å². The number of fused-ring (bicyclic) bond motifs is 6. The van der Waals surface area contributed by atoms with Crippen LogP contribution in [0.2, 0.25) is 0 Å². The van der Waals surface area contributed by atoms with Gasteiger partial charge in [0.25, 0.3) is 0 Å². The molecule has 0 radical (unpaired) electrons. The molecule has 0 atom stereocenters. The summed E-state index contributed by atoms with van der Waals surface area (Å²) < 4.78 is 2.38. The van der Waals surface area contributed by atoms with Crippen molar-refractivity contribution in [3.8, 4) is 11.1 Å². The molecule has 4 heteroatoms. The summed E-state index contributed by atoms with van der Waals surface area (Å²) in [4.78, 5) is 7.08. The van der Waals surface area contributed by atoms with E-state index in [9.17, 15) is 0 Å². The smallest absolute Gasteiger partial charge is 0.0510 e. The number of aryl methyl sites for hydroxylation is 3. The van der Waals surface area contributed by atoms with Gasteiger partial charge in [-0.05, 0) is 110 Å². The summed E-state index contributed by atoms with van der Waals surface area (Å²) >= 11 is 0. The predicted molar refractivity (Wildman–Crippen MR) is 230 cm³/mol. The van der Waals surface area contributed by atoms with E-state index in [1.165, 1.54) is 66.2 Å². The largest absolute Gasteiger partial charge is 0.344 e. The lowest BCUT2D eigenvalue weighted by molar-refractivity contribution is 1.01. The Balaban J connectivity index is 1.16. The van der Waals surface area contributed by atoms with Crippen LogP contribution in [0.5, 0.6) is 0 Å². The van der Waals surface area contributed by atoms with Crippen LogP contribution in [0.3, 0.4) is 0 Å². The molecule has 9 aromatic rings. The number of benzene rings is 8. The average Bonchev–Trinajstić information content (AvgIpc) is 3.50. The summed E-state index contributed by atoms with van der Waals surface area (Å²) in [7, 11) is 4.43. The van der Waals surface area contributed by atoms with Gasteiger partial charge >= 0.3 is 0 Å². The van der Waals surface area contributed by atoms with Gasteiger partial charge in [-0.15, -0.1) is 0 Å². The van der Waals surface area contributed by atoms with E-state index in [2.05, 4.69) is 217 Å². The number of hydrogen-bond donors (Lipinski definition) is 0. The zero-order valence-electron chi connectivity index (χ0n) is 31.0. The van der Waals surface area contributed by atoms with Crippen LogP contribution < -0.4 is 14.7 Å². The number of rotatable bonds is 6. The Kier molecular flexibility index (Phi) is 7.34. The van der Waals surface area contributed by atoms with Crippen molar-refractivity contribution in [2.45, 2.75) is 13.8 Å². The third kappa shape index (κ3) is 4.98. The highest BCUT2D eigenvalue weighted by Gasteiger charge is 2.27. The average molecular weight is 697 g/mol. The molecule has 0 amide bonds. The molecule has 0 unspecified atom stereocenters. The molecule has 2 heterocycles. The number of hydrogen-bond acceptors (Lipinski definition) is 3. The Hall–Kier alpha value is -6.78. The molecular weight excluding hydrogens is 657 g/mol. The highest BCUT2D eigenvalue weighted by Crippen LogP contribution is 2.52. The topological polar surface area (TPSA) is 14.7 Å². The minimum atomic E-state index is 1.13. The molecule has 0 spiro atoms. The summed E-state index contributed by atoms with van der Waals surface area (Å²) in [6.45, 7) is 4.28. The molecule has 0 bridgehead atoms. The number of aromatic nitrogens is 1. The summed E-state index contributed by atoms with van der Waals surface area (Å²) in [5.41, 5.74) is 16.7. The summed E-state index contributed by atoms with van der Waals surface area (Å²) in [5.74, 6) is 0. The molecule has 1 aliphatic heterocycles. The highest BCUT2D eigenvalue weighted by atomic mass is 15.2. The number of anilines is 8. The SMILES string of the molecule is Cc1ccc(N(c2ccccc2)c2ccc3c(c2)N(C)c2cccc4c2c-3cc2c4c3ccc(N(c4ccccc4)c4ccc(C)cc4)cc3n2C)cc1. The van der Waals surface area contributed by atoms with Crippen LogP contribution in [-0.2, 0) is 7.05 Å². The van der Waals surface area contributed by atoms with E-state index in [-0.39, 0.29) is 0 Å². The maximum Gasteiger partial charge on any atom is 0.0510 e. The second-order valence-corrected chi connectivity index (χ2v) is 14.6. The zero-order chi connectivity index (χ0) is 36.5. The first-order chi connectivity index (χ1) is 26.4. The third-order valence-corrected chi connectivity index (χ3v) is 11.2. The predicted octanol–water partition coefficient (Wildman–Crippen LogP) is 13.8. The van der Waals surface area contributed by atoms with Gasteiger partial charge in [0, 0.05) is 75.6 Å². The fourth-order valence-corrected chi connectivity index (χ4v) is 8.50. The summed E-state index contributed by atoms with van der Waals surface area (Å²) in [6, 6.07) is 62.0. The van der Waals surface area contributed by atoms with Gasteiger partial charge in [-0.1, -0.05) is 96.1 Å². The molecule has 0 saturated heterocycles. The van der Waals surface area contributed by atoms with Gasteiger partial charge in [0.1, 0.15) is 0 Å². The Labute approximate surface area is 316 Å². The maximum atomic E-state index is 2.43. The molecule has 1 aromatic heterocycles. The molecule has 10 rings (SSSR count). The van der Waals surface area contributed by atoms with Gasteiger partial charge in [-0.3, -0.25) is 0 Å². The lowest BCUT2D eigenvalue weighted by atomic mass is 9.89. The van der Waals surface area contributed by atoms with Crippen LogP contribution in [0.15, 0.2) is 170 Å². The van der Waals surface area contributed by atoms with Crippen LogP contribution in [0.4, 0.5) is 45.5 Å². The minimum Gasteiger partial charge on any atom is -0.344 e. The van der Waals surface area contributed by atoms with E-state index >= 15 is 0 Å². The van der Waals surface area contributed by atoms with Gasteiger partial charge in [-0.25, -0.2) is 0 Å². The van der Waals surface area contributed by atoms with Crippen molar-refractivity contribution < 1.29 is 0 Å². The van der Waals surface area contributed by atoms with E-state index in [4.69, 9.17) is 0 Å². The van der Waals surface area contributed by atoms with Crippen molar-refractivity contribution in [3.05, 3.63) is 181 Å². The Morgan fingerprint density at radius 3 is 1.52 bits per heavy atom. The summed E-state index contributed by atoms with van der Waals surface area (Å²) in [5, 5.41) is 5.14. The van der Waals surface area contributed by atoms with E-state index in [0.29, 0.717) is 0 Å². The molecule has 0 N–H and O–H groups in total. The molecule has 260 valence electrons. The first kappa shape index (κ1) is 31.9. The highest BCUT2D eigenvalue weighted by molar-refractivity contribution is 6.28. The van der Waals surface area contributed by atoms with Crippen molar-refractivity contribution in [1.29, 1.82) is 0 Å². The van der Waals surface area contributed by atoms with E-state index in [1.807, 2.05) is 0 Å². The molecule has 0 aliphatic carbocycles. The molecule has 8 aromatic carbocycles. The Morgan fingerprint density at radius 1 is 0.370 bits per heavy atom. The van der Waals surface area contributed by atoms with Crippen molar-refractivity contribution in [3.63, 3.8) is 0 Å². The Morgan fingerprint density at radius 2 is 0.907 bits per heavy atom. The van der Waals surface area contributed by atoms with E-state index < -0.39 is 0 Å². The first-order valence-electron chi connectivity index (χ1n) is 18.6. The van der Waals surface area contributed by atoms with Crippen LogP contribution in [-0.4, -0.2) is 11.6 Å². The van der Waals surface area contributed by atoms with Crippen LogP contribution in [0.1, 0.15) is 11.1 Å². The molecular formula is C50H40N4. The normalized spacial score (nSPS) is 12.0. The standard InChI is InChI=1S/C50H40N4/c1-33-18-22-37(23-19-33)53(35-12-7-5-8-13-35)39-26-28-41-44-32-48-49(43-16-11-17-45(50(43)44)51(3)46(41)30-39)42-29-27-40(31-47(42)52(48)4)54(36-14-9-6-10-15-36)38-24-20-34(2)21-25-38/h5-32H,1-4H3. The van der Waals surface area contributed by atoms with Crippen molar-refractivity contribution in [1.82, 2.24) is 4.57 Å². The Bertz CT molecular complexity index is 2850. The fraction of sp³-hybridized carbons (Fsp3) is 0.0800. The van der Waals surface area contributed by atoms with Gasteiger partial charge in [0.15, 0.2) is 0 Å². The van der Waals surface area contributed by atoms with Gasteiger partial charge in [-0.2, -0.15) is 0 Å². The van der Waals surface area contributed by atoms with Gasteiger partial charge < -0.3 is 19.3 Å². The molecule has 0 fully saturated rings. The molecule has 1 aliphatic rings. The van der Waals surface area contributed by atoms with Gasteiger partial charge in [0.2, 0.25) is 0 Å². The van der Waals surface area contributed by atoms with Crippen molar-refractivity contribution in [2.24, 2.45) is 7.05 Å². The van der Waals surface area contributed by atoms with Crippen LogP contribution >= 0.6 is 0 Å². The lowest BCUT2D eigenvalue weighted by Crippen LogP contribution is -2.16. The second-order valence-electron chi connectivity index (χ2n) is 14.6. The first-order valence-corrected chi connectivity index (χ1v) is 18.6. The second kappa shape index (κ2) is 12.4. The molecule has 0 saturated carbocycles. The van der Waals surface area contributed by atoms with Crippen molar-refractivity contribution >= 4 is 78.1 Å². The minimum absolute atomic E-state index is 1.13.